The molecule has 3 fully saturated rings. The highest BCUT2D eigenvalue weighted by molar-refractivity contribution is 7.80. The van der Waals surface area contributed by atoms with E-state index in [9.17, 15) is 4.79 Å². The zero-order valence-corrected chi connectivity index (χ0v) is 14.6. The number of thiocarbonyl (C=S) groups is 1. The number of amides is 1. The van der Waals surface area contributed by atoms with Crippen molar-refractivity contribution in [2.75, 3.05) is 6.54 Å². The molecule has 1 aliphatic carbocycles. The van der Waals surface area contributed by atoms with Crippen LogP contribution in [-0.4, -0.2) is 40.6 Å². The number of hydrogen-bond donors (Lipinski definition) is 2. The summed E-state index contributed by atoms with van der Waals surface area (Å²) in [5.41, 5.74) is 0. The number of hydrogen-bond acceptors (Lipinski definition) is 2. The van der Waals surface area contributed by atoms with Crippen LogP contribution in [-0.2, 0) is 4.79 Å². The highest BCUT2D eigenvalue weighted by Crippen LogP contribution is 2.35. The second-order valence-electron chi connectivity index (χ2n) is 7.68. The van der Waals surface area contributed by atoms with Crippen LogP contribution in [0.15, 0.2) is 0 Å². The van der Waals surface area contributed by atoms with Crippen LogP contribution in [0.1, 0.15) is 58.8 Å². The van der Waals surface area contributed by atoms with E-state index in [0.29, 0.717) is 30.0 Å². The summed E-state index contributed by atoms with van der Waals surface area (Å²) >= 11 is 5.65. The fourth-order valence-corrected chi connectivity index (χ4v) is 4.26. The number of piperidine rings is 2. The van der Waals surface area contributed by atoms with Crippen LogP contribution < -0.4 is 10.6 Å². The van der Waals surface area contributed by atoms with Gasteiger partial charge in [-0.05, 0) is 63.1 Å². The van der Waals surface area contributed by atoms with Crippen molar-refractivity contribution in [1.82, 2.24) is 15.5 Å². The maximum atomic E-state index is 12.0. The van der Waals surface area contributed by atoms with E-state index in [1.54, 1.807) is 0 Å². The van der Waals surface area contributed by atoms with Gasteiger partial charge in [0.2, 0.25) is 5.91 Å². The minimum atomic E-state index is 0.289. The molecule has 0 aromatic heterocycles. The van der Waals surface area contributed by atoms with Gasteiger partial charge in [-0.2, -0.15) is 0 Å². The molecule has 124 valence electrons. The lowest BCUT2D eigenvalue weighted by Crippen LogP contribution is -2.61. The maximum Gasteiger partial charge on any atom is 0.223 e. The molecule has 2 aliphatic heterocycles. The van der Waals surface area contributed by atoms with Crippen molar-refractivity contribution in [2.45, 2.75) is 76.9 Å². The molecule has 2 unspecified atom stereocenters. The normalized spacial score (nSPS) is 31.0. The van der Waals surface area contributed by atoms with E-state index < -0.39 is 0 Å². The summed E-state index contributed by atoms with van der Waals surface area (Å²) in [5, 5.41) is 7.65. The van der Waals surface area contributed by atoms with Gasteiger partial charge < -0.3 is 15.5 Å². The smallest absolute Gasteiger partial charge is 0.223 e. The first kappa shape index (κ1) is 16.0. The van der Waals surface area contributed by atoms with Gasteiger partial charge in [0, 0.05) is 30.6 Å². The molecule has 0 aromatic rings. The van der Waals surface area contributed by atoms with Crippen LogP contribution in [0.4, 0.5) is 0 Å². The number of carbonyl (C=O) groups is 1. The number of nitrogens with one attached hydrogen (secondary N) is 2. The maximum absolute atomic E-state index is 12.0. The van der Waals surface area contributed by atoms with Crippen molar-refractivity contribution >= 4 is 23.2 Å². The van der Waals surface area contributed by atoms with Gasteiger partial charge in [-0.3, -0.25) is 4.79 Å². The van der Waals surface area contributed by atoms with E-state index in [1.165, 1.54) is 19.3 Å². The standard InChI is InChI=1S/C17H29N3OS/c1-11(2)10-18-17(22)20-14-4-3-5-15(20)9-13(8-14)19-16(21)12-6-7-12/h11-15H,3-10H2,1-2H3,(H,18,22)(H,19,21). The van der Waals surface area contributed by atoms with E-state index in [-0.39, 0.29) is 5.91 Å². The molecular weight excluding hydrogens is 294 g/mol. The SMILES string of the molecule is CC(C)CNC(=S)N1C2CCCC1CC(NC(=O)C1CC1)C2. The molecule has 2 heterocycles. The predicted octanol–water partition coefficient (Wildman–Crippen LogP) is 2.43. The van der Waals surface area contributed by atoms with Gasteiger partial charge in [0.15, 0.2) is 5.11 Å². The van der Waals surface area contributed by atoms with Crippen LogP contribution in [0.25, 0.3) is 0 Å². The summed E-state index contributed by atoms with van der Waals surface area (Å²) in [6.07, 6.45) is 7.98. The van der Waals surface area contributed by atoms with Gasteiger partial charge >= 0.3 is 0 Å². The van der Waals surface area contributed by atoms with E-state index in [4.69, 9.17) is 12.2 Å². The van der Waals surface area contributed by atoms with Gasteiger partial charge in [-0.25, -0.2) is 0 Å². The lowest BCUT2D eigenvalue weighted by Gasteiger charge is -2.50. The Morgan fingerprint density at radius 3 is 2.36 bits per heavy atom. The third kappa shape index (κ3) is 3.73. The molecule has 3 rings (SSSR count). The number of carbonyl (C=O) groups excluding carboxylic acids is 1. The number of rotatable bonds is 4. The average Bonchev–Trinajstić information content (AvgIpc) is 3.28. The van der Waals surface area contributed by atoms with Crippen molar-refractivity contribution in [3.8, 4) is 0 Å². The Labute approximate surface area is 139 Å². The van der Waals surface area contributed by atoms with Gasteiger partial charge in [0.25, 0.3) is 0 Å². The van der Waals surface area contributed by atoms with Gasteiger partial charge in [-0.1, -0.05) is 13.8 Å². The lowest BCUT2D eigenvalue weighted by atomic mass is 9.82. The summed E-state index contributed by atoms with van der Waals surface area (Å²) in [6.45, 7) is 5.35. The van der Waals surface area contributed by atoms with Crippen molar-refractivity contribution in [3.05, 3.63) is 0 Å². The zero-order valence-electron chi connectivity index (χ0n) is 13.8. The molecule has 2 atom stereocenters. The predicted molar refractivity (Wildman–Crippen MR) is 92.6 cm³/mol. The largest absolute Gasteiger partial charge is 0.362 e. The molecule has 0 spiro atoms. The monoisotopic (exact) mass is 323 g/mol. The molecule has 1 amide bonds. The lowest BCUT2D eigenvalue weighted by molar-refractivity contribution is -0.123. The van der Waals surface area contributed by atoms with Gasteiger partial charge in [0.1, 0.15) is 0 Å². The molecule has 5 heteroatoms. The van der Waals surface area contributed by atoms with Crippen LogP contribution in [0.2, 0.25) is 0 Å². The van der Waals surface area contributed by atoms with Crippen molar-refractivity contribution < 1.29 is 4.79 Å². The molecule has 4 nitrogen and oxygen atoms in total. The molecule has 0 aromatic carbocycles. The Kier molecular flexibility index (Phi) is 4.91. The summed E-state index contributed by atoms with van der Waals surface area (Å²) in [6, 6.07) is 1.36. The van der Waals surface area contributed by atoms with Gasteiger partial charge in [0.05, 0.1) is 0 Å². The fraction of sp³-hybridized carbons (Fsp3) is 0.882. The summed E-state index contributed by atoms with van der Waals surface area (Å²) in [5.74, 6) is 1.21. The molecule has 2 saturated heterocycles. The van der Waals surface area contributed by atoms with Crippen LogP contribution in [0, 0.1) is 11.8 Å². The van der Waals surface area contributed by atoms with E-state index >= 15 is 0 Å². The van der Waals surface area contributed by atoms with Crippen molar-refractivity contribution in [1.29, 1.82) is 0 Å². The first-order valence-corrected chi connectivity index (χ1v) is 9.32. The number of nitrogens with zero attached hydrogens (tertiary/aromatic N) is 1. The summed E-state index contributed by atoms with van der Waals surface area (Å²) in [7, 11) is 0. The van der Waals surface area contributed by atoms with Crippen LogP contribution in [0.3, 0.4) is 0 Å². The van der Waals surface area contributed by atoms with Crippen LogP contribution in [0.5, 0.6) is 0 Å². The second kappa shape index (κ2) is 6.73. The first-order chi connectivity index (χ1) is 10.5. The second-order valence-corrected chi connectivity index (χ2v) is 8.06. The zero-order chi connectivity index (χ0) is 15.7. The van der Waals surface area contributed by atoms with E-state index in [2.05, 4.69) is 29.4 Å². The Hall–Kier alpha value is -0.840. The first-order valence-electron chi connectivity index (χ1n) is 8.91. The average molecular weight is 324 g/mol. The Morgan fingerprint density at radius 1 is 1.18 bits per heavy atom. The van der Waals surface area contributed by atoms with E-state index in [0.717, 1.165) is 37.3 Å². The molecule has 1 saturated carbocycles. The highest BCUT2D eigenvalue weighted by atomic mass is 32.1. The Bertz CT molecular complexity index is 422. The molecule has 2 bridgehead atoms. The van der Waals surface area contributed by atoms with E-state index in [1.807, 2.05) is 0 Å². The number of fused-ring (bicyclic) bond motifs is 2. The molecular formula is C17H29N3OS. The highest BCUT2D eigenvalue weighted by Gasteiger charge is 2.41. The molecule has 0 radical (unpaired) electrons. The quantitative estimate of drug-likeness (QED) is 0.780. The molecule has 22 heavy (non-hydrogen) atoms. The fourth-order valence-electron chi connectivity index (χ4n) is 3.88. The van der Waals surface area contributed by atoms with Crippen molar-refractivity contribution in [2.24, 2.45) is 11.8 Å². The topological polar surface area (TPSA) is 44.4 Å². The minimum Gasteiger partial charge on any atom is -0.362 e. The molecule has 3 aliphatic rings. The Morgan fingerprint density at radius 2 is 1.82 bits per heavy atom. The Balaban J connectivity index is 1.58. The summed E-state index contributed by atoms with van der Waals surface area (Å²) < 4.78 is 0. The summed E-state index contributed by atoms with van der Waals surface area (Å²) in [4.78, 5) is 14.5. The molecule has 2 N–H and O–H groups in total. The van der Waals surface area contributed by atoms with Crippen LogP contribution >= 0.6 is 12.2 Å². The minimum absolute atomic E-state index is 0.289. The van der Waals surface area contributed by atoms with Gasteiger partial charge in [-0.15, -0.1) is 0 Å². The third-order valence-corrected chi connectivity index (χ3v) is 5.52. The third-order valence-electron chi connectivity index (χ3n) is 5.17. The van der Waals surface area contributed by atoms with Crippen molar-refractivity contribution in [3.63, 3.8) is 0 Å².